The molecule has 0 aliphatic carbocycles. The van der Waals surface area contributed by atoms with Crippen molar-refractivity contribution < 1.29 is 14.0 Å². The third kappa shape index (κ3) is 5.35. The lowest BCUT2D eigenvalue weighted by molar-refractivity contribution is -0.132. The Morgan fingerprint density at radius 2 is 1.93 bits per heavy atom. The van der Waals surface area contributed by atoms with Crippen LogP contribution in [0.5, 0.6) is 0 Å². The van der Waals surface area contributed by atoms with Gasteiger partial charge in [0.2, 0.25) is 5.91 Å². The molecule has 3 amide bonds. The highest BCUT2D eigenvalue weighted by atomic mass is 79.9. The van der Waals surface area contributed by atoms with Crippen LogP contribution in [0.4, 0.5) is 14.9 Å². The molecule has 1 saturated heterocycles. The fourth-order valence-electron chi connectivity index (χ4n) is 3.48. The van der Waals surface area contributed by atoms with E-state index in [0.29, 0.717) is 30.4 Å². The van der Waals surface area contributed by atoms with E-state index in [1.54, 1.807) is 11.0 Å². The molecule has 2 aromatic carbocycles. The zero-order valence-corrected chi connectivity index (χ0v) is 18.2. The lowest BCUT2D eigenvalue weighted by atomic mass is 9.81. The van der Waals surface area contributed by atoms with Crippen molar-refractivity contribution in [1.29, 1.82) is 0 Å². The third-order valence-electron chi connectivity index (χ3n) is 5.28. The standard InChI is InChI=1S/C22H25BrFN3O2/c1-15-4-6-16(7-5-15)13-25-20(28)22(2)10-3-11-27(14-22)21(29)26-19-9-8-17(23)12-18(19)24/h4-9,12H,3,10-11,13-14H2,1-2H3,(H,25,28)(H,26,29)/t22-/m0/s1. The van der Waals surface area contributed by atoms with Crippen molar-refractivity contribution >= 4 is 33.6 Å². The molecule has 29 heavy (non-hydrogen) atoms. The van der Waals surface area contributed by atoms with Gasteiger partial charge >= 0.3 is 6.03 Å². The Balaban J connectivity index is 1.60. The molecule has 0 spiro atoms. The maximum absolute atomic E-state index is 14.0. The molecule has 1 aliphatic rings. The largest absolute Gasteiger partial charge is 0.351 e. The van der Waals surface area contributed by atoms with Gasteiger partial charge in [-0.25, -0.2) is 9.18 Å². The molecule has 1 heterocycles. The first-order valence-electron chi connectivity index (χ1n) is 9.62. The molecule has 5 nitrogen and oxygen atoms in total. The number of carbonyl (C=O) groups is 2. The average molecular weight is 462 g/mol. The van der Waals surface area contributed by atoms with Gasteiger partial charge in [-0.15, -0.1) is 0 Å². The molecule has 7 heteroatoms. The highest BCUT2D eigenvalue weighted by Gasteiger charge is 2.39. The molecule has 1 atom stereocenters. The summed E-state index contributed by atoms with van der Waals surface area (Å²) in [6, 6.07) is 12.1. The van der Waals surface area contributed by atoms with Crippen LogP contribution in [0.25, 0.3) is 0 Å². The normalized spacial score (nSPS) is 19.0. The van der Waals surface area contributed by atoms with Gasteiger partial charge in [-0.3, -0.25) is 4.79 Å². The Bertz CT molecular complexity index is 903. The number of rotatable bonds is 4. The Kier molecular flexibility index (Phi) is 6.57. The fourth-order valence-corrected chi connectivity index (χ4v) is 3.82. The zero-order chi connectivity index (χ0) is 21.0. The molecule has 1 aliphatic heterocycles. The van der Waals surface area contributed by atoms with Crippen molar-refractivity contribution in [3.05, 3.63) is 63.9 Å². The Morgan fingerprint density at radius 1 is 1.21 bits per heavy atom. The van der Waals surface area contributed by atoms with Gasteiger partial charge in [0.1, 0.15) is 5.82 Å². The van der Waals surface area contributed by atoms with Gasteiger partial charge in [0.05, 0.1) is 11.1 Å². The maximum atomic E-state index is 14.0. The van der Waals surface area contributed by atoms with E-state index in [0.717, 1.165) is 5.56 Å². The van der Waals surface area contributed by atoms with Gasteiger partial charge in [-0.05, 0) is 50.5 Å². The molecule has 0 unspecified atom stereocenters. The predicted octanol–water partition coefficient (Wildman–Crippen LogP) is 4.85. The molecule has 2 aromatic rings. The summed E-state index contributed by atoms with van der Waals surface area (Å²) >= 11 is 3.20. The van der Waals surface area contributed by atoms with Crippen LogP contribution in [-0.2, 0) is 11.3 Å². The third-order valence-corrected chi connectivity index (χ3v) is 5.77. The molecule has 2 N–H and O–H groups in total. The summed E-state index contributed by atoms with van der Waals surface area (Å²) in [5, 5.41) is 5.60. The van der Waals surface area contributed by atoms with Crippen LogP contribution in [0.1, 0.15) is 30.9 Å². The topological polar surface area (TPSA) is 61.4 Å². The summed E-state index contributed by atoms with van der Waals surface area (Å²) in [7, 11) is 0. The van der Waals surface area contributed by atoms with Crippen LogP contribution < -0.4 is 10.6 Å². The molecule has 0 radical (unpaired) electrons. The summed E-state index contributed by atoms with van der Waals surface area (Å²) < 4.78 is 14.6. The average Bonchev–Trinajstić information content (AvgIpc) is 2.69. The molecule has 0 aromatic heterocycles. The number of halogens is 2. The summed E-state index contributed by atoms with van der Waals surface area (Å²) in [5.41, 5.74) is 1.64. The molecule has 0 bridgehead atoms. The number of benzene rings is 2. The number of nitrogens with one attached hydrogen (secondary N) is 2. The van der Waals surface area contributed by atoms with E-state index in [4.69, 9.17) is 0 Å². The first-order chi connectivity index (χ1) is 13.8. The van der Waals surface area contributed by atoms with Gasteiger partial charge < -0.3 is 15.5 Å². The highest BCUT2D eigenvalue weighted by Crippen LogP contribution is 2.30. The zero-order valence-electron chi connectivity index (χ0n) is 16.6. The van der Waals surface area contributed by atoms with Crippen LogP contribution in [0, 0.1) is 18.2 Å². The predicted molar refractivity (Wildman–Crippen MR) is 115 cm³/mol. The number of likely N-dealkylation sites (tertiary alicyclic amines) is 1. The number of hydrogen-bond donors (Lipinski definition) is 2. The van der Waals surface area contributed by atoms with Crippen molar-refractivity contribution in [2.24, 2.45) is 5.41 Å². The Morgan fingerprint density at radius 3 is 2.62 bits per heavy atom. The van der Waals surface area contributed by atoms with Crippen LogP contribution in [-0.4, -0.2) is 29.9 Å². The van der Waals surface area contributed by atoms with E-state index in [1.807, 2.05) is 38.1 Å². The smallest absolute Gasteiger partial charge is 0.321 e. The SMILES string of the molecule is Cc1ccc(CNC(=O)[C@@]2(C)CCCN(C(=O)Nc3ccc(Br)cc3F)C2)cc1. The maximum Gasteiger partial charge on any atom is 0.321 e. The quantitative estimate of drug-likeness (QED) is 0.683. The molecule has 0 saturated carbocycles. The monoisotopic (exact) mass is 461 g/mol. The van der Waals surface area contributed by atoms with Gasteiger partial charge in [-0.2, -0.15) is 0 Å². The van der Waals surface area contributed by atoms with Crippen molar-refractivity contribution in [3.63, 3.8) is 0 Å². The van der Waals surface area contributed by atoms with E-state index in [2.05, 4.69) is 26.6 Å². The number of anilines is 1. The number of amides is 3. The van der Waals surface area contributed by atoms with Crippen molar-refractivity contribution in [2.75, 3.05) is 18.4 Å². The second-order valence-electron chi connectivity index (χ2n) is 7.81. The fraction of sp³-hybridized carbons (Fsp3) is 0.364. The van der Waals surface area contributed by atoms with Gasteiger partial charge in [0, 0.05) is 24.1 Å². The van der Waals surface area contributed by atoms with E-state index in [9.17, 15) is 14.0 Å². The number of hydrogen-bond acceptors (Lipinski definition) is 2. The summed E-state index contributed by atoms with van der Waals surface area (Å²) in [6.45, 7) is 5.16. The lowest BCUT2D eigenvalue weighted by Crippen LogP contribution is -2.52. The van der Waals surface area contributed by atoms with Crippen molar-refractivity contribution in [1.82, 2.24) is 10.2 Å². The molecule has 1 fully saturated rings. The number of urea groups is 1. The van der Waals surface area contributed by atoms with Crippen LogP contribution in [0.15, 0.2) is 46.9 Å². The highest BCUT2D eigenvalue weighted by molar-refractivity contribution is 9.10. The lowest BCUT2D eigenvalue weighted by Gasteiger charge is -2.39. The first kappa shape index (κ1) is 21.3. The van der Waals surface area contributed by atoms with Crippen molar-refractivity contribution in [3.8, 4) is 0 Å². The Labute approximate surface area is 178 Å². The van der Waals surface area contributed by atoms with Gasteiger partial charge in [-0.1, -0.05) is 45.8 Å². The minimum Gasteiger partial charge on any atom is -0.351 e. The number of carbonyl (C=O) groups excluding carboxylic acids is 2. The molecule has 154 valence electrons. The number of aryl methyl sites for hydroxylation is 1. The first-order valence-corrected chi connectivity index (χ1v) is 10.4. The minimum atomic E-state index is -0.682. The minimum absolute atomic E-state index is 0.0783. The van der Waals surface area contributed by atoms with Crippen LogP contribution in [0.2, 0.25) is 0 Å². The van der Waals surface area contributed by atoms with Gasteiger partial charge in [0.25, 0.3) is 0 Å². The second kappa shape index (κ2) is 8.95. The van der Waals surface area contributed by atoms with Gasteiger partial charge in [0.15, 0.2) is 0 Å². The van der Waals surface area contributed by atoms with E-state index in [-0.39, 0.29) is 18.1 Å². The summed E-state index contributed by atoms with van der Waals surface area (Å²) in [4.78, 5) is 27.1. The second-order valence-corrected chi connectivity index (χ2v) is 8.72. The number of piperidine rings is 1. The summed E-state index contributed by atoms with van der Waals surface area (Å²) in [5.74, 6) is -0.589. The molecular weight excluding hydrogens is 437 g/mol. The van der Waals surface area contributed by atoms with E-state index < -0.39 is 17.3 Å². The summed E-state index contributed by atoms with van der Waals surface area (Å²) in [6.07, 6.45) is 1.41. The van der Waals surface area contributed by atoms with E-state index in [1.165, 1.54) is 17.7 Å². The number of nitrogens with zero attached hydrogens (tertiary/aromatic N) is 1. The van der Waals surface area contributed by atoms with Crippen LogP contribution in [0.3, 0.4) is 0 Å². The van der Waals surface area contributed by atoms with Crippen LogP contribution >= 0.6 is 15.9 Å². The molecule has 3 rings (SSSR count). The van der Waals surface area contributed by atoms with Crippen molar-refractivity contribution in [2.45, 2.75) is 33.2 Å². The molecular formula is C22H25BrFN3O2. The van der Waals surface area contributed by atoms with E-state index >= 15 is 0 Å². The Hall–Kier alpha value is -2.41.